The number of halogens is 1. The molecule has 0 bridgehead atoms. The highest BCUT2D eigenvalue weighted by Gasteiger charge is 2.09. The molecule has 1 fully saturated rings. The molecule has 0 atom stereocenters. The van der Waals surface area contributed by atoms with Crippen molar-refractivity contribution in [1.82, 2.24) is 4.90 Å². The molecule has 17 heavy (non-hydrogen) atoms. The number of rotatable bonds is 4. The summed E-state index contributed by atoms with van der Waals surface area (Å²) in [4.78, 5) is 2.50. The number of hydrogen-bond donors (Lipinski definition) is 0. The first-order valence-corrected chi connectivity index (χ1v) is 6.26. The Bertz CT molecular complexity index is 307. The standard InChI is InChI=1S/C14H21NO.ClH/c1-13-5-7-14(8-6-13)16-12-11-15-9-3-2-4-10-15;/h5-8H,2-4,9-12H2,1H3;1H. The Morgan fingerprint density at radius 1 is 1.06 bits per heavy atom. The molecule has 0 aliphatic carbocycles. The zero-order valence-corrected chi connectivity index (χ0v) is 11.3. The molecule has 2 nitrogen and oxygen atoms in total. The van der Waals surface area contributed by atoms with Gasteiger partial charge in [-0.25, -0.2) is 0 Å². The summed E-state index contributed by atoms with van der Waals surface area (Å²) < 4.78 is 5.72. The van der Waals surface area contributed by atoms with Crippen molar-refractivity contribution < 1.29 is 4.74 Å². The monoisotopic (exact) mass is 255 g/mol. The fraction of sp³-hybridized carbons (Fsp3) is 0.571. The van der Waals surface area contributed by atoms with E-state index in [2.05, 4.69) is 24.0 Å². The summed E-state index contributed by atoms with van der Waals surface area (Å²) in [6.07, 6.45) is 4.10. The molecule has 1 heterocycles. The molecule has 0 saturated carbocycles. The van der Waals surface area contributed by atoms with Crippen LogP contribution in [0.3, 0.4) is 0 Å². The van der Waals surface area contributed by atoms with Crippen LogP contribution in [0.5, 0.6) is 5.75 Å². The maximum atomic E-state index is 5.72. The van der Waals surface area contributed by atoms with Gasteiger partial charge in [0.25, 0.3) is 0 Å². The van der Waals surface area contributed by atoms with Gasteiger partial charge >= 0.3 is 0 Å². The zero-order chi connectivity index (χ0) is 11.2. The summed E-state index contributed by atoms with van der Waals surface area (Å²) in [5.74, 6) is 0.989. The second kappa shape index (κ2) is 7.57. The highest BCUT2D eigenvalue weighted by molar-refractivity contribution is 5.85. The van der Waals surface area contributed by atoms with Gasteiger partial charge in [-0.2, -0.15) is 0 Å². The Kier molecular flexibility index (Phi) is 6.38. The van der Waals surface area contributed by atoms with E-state index >= 15 is 0 Å². The smallest absolute Gasteiger partial charge is 0.119 e. The van der Waals surface area contributed by atoms with Crippen LogP contribution in [0.25, 0.3) is 0 Å². The maximum Gasteiger partial charge on any atom is 0.119 e. The number of hydrogen-bond acceptors (Lipinski definition) is 2. The van der Waals surface area contributed by atoms with E-state index in [1.807, 2.05) is 12.1 Å². The molecule has 0 amide bonds. The quantitative estimate of drug-likeness (QED) is 0.819. The van der Waals surface area contributed by atoms with Crippen molar-refractivity contribution >= 4 is 12.4 Å². The second-order valence-corrected chi connectivity index (χ2v) is 4.56. The van der Waals surface area contributed by atoms with Crippen LogP contribution in [0, 0.1) is 6.92 Å². The van der Waals surface area contributed by atoms with Crippen LogP contribution in [-0.2, 0) is 0 Å². The molecule has 0 radical (unpaired) electrons. The Morgan fingerprint density at radius 2 is 1.71 bits per heavy atom. The average molecular weight is 256 g/mol. The van der Waals surface area contributed by atoms with Crippen LogP contribution < -0.4 is 4.74 Å². The summed E-state index contributed by atoms with van der Waals surface area (Å²) in [5, 5.41) is 0. The molecule has 96 valence electrons. The van der Waals surface area contributed by atoms with Gasteiger partial charge in [0.2, 0.25) is 0 Å². The van der Waals surface area contributed by atoms with E-state index in [-0.39, 0.29) is 12.4 Å². The number of aryl methyl sites for hydroxylation is 1. The van der Waals surface area contributed by atoms with Gasteiger partial charge in [-0.3, -0.25) is 4.90 Å². The van der Waals surface area contributed by atoms with Gasteiger partial charge in [0.05, 0.1) is 0 Å². The highest BCUT2D eigenvalue weighted by Crippen LogP contribution is 2.12. The molecular weight excluding hydrogens is 234 g/mol. The SMILES string of the molecule is Cc1ccc(OCCN2CCCCC2)cc1.Cl. The summed E-state index contributed by atoms with van der Waals surface area (Å²) in [6.45, 7) is 6.46. The van der Waals surface area contributed by atoms with Crippen LogP contribution in [0.15, 0.2) is 24.3 Å². The lowest BCUT2D eigenvalue weighted by Gasteiger charge is -2.26. The zero-order valence-electron chi connectivity index (χ0n) is 10.5. The minimum Gasteiger partial charge on any atom is -0.492 e. The minimum absolute atomic E-state index is 0. The van der Waals surface area contributed by atoms with Gasteiger partial charge < -0.3 is 4.74 Å². The first-order valence-electron chi connectivity index (χ1n) is 6.26. The van der Waals surface area contributed by atoms with E-state index in [9.17, 15) is 0 Å². The van der Waals surface area contributed by atoms with E-state index in [0.717, 1.165) is 18.9 Å². The molecule has 0 unspecified atom stereocenters. The van der Waals surface area contributed by atoms with E-state index < -0.39 is 0 Å². The third-order valence-electron chi connectivity index (χ3n) is 3.15. The molecule has 0 N–H and O–H groups in total. The van der Waals surface area contributed by atoms with Gasteiger partial charge in [0.15, 0.2) is 0 Å². The normalized spacial score (nSPS) is 16.3. The lowest BCUT2D eigenvalue weighted by molar-refractivity contribution is 0.183. The first-order chi connectivity index (χ1) is 7.84. The number of benzene rings is 1. The van der Waals surface area contributed by atoms with Gasteiger partial charge in [0, 0.05) is 6.54 Å². The van der Waals surface area contributed by atoms with E-state index in [1.54, 1.807) is 0 Å². The molecule has 1 aliphatic heterocycles. The Labute approximate surface area is 110 Å². The Balaban J connectivity index is 0.00000144. The van der Waals surface area contributed by atoms with Crippen LogP contribution >= 0.6 is 12.4 Å². The summed E-state index contributed by atoms with van der Waals surface area (Å²) in [6, 6.07) is 8.28. The third kappa shape index (κ3) is 4.97. The predicted molar refractivity (Wildman–Crippen MR) is 74.2 cm³/mol. The average Bonchev–Trinajstić information content (AvgIpc) is 2.33. The molecular formula is C14H22ClNO. The second-order valence-electron chi connectivity index (χ2n) is 4.56. The lowest BCUT2D eigenvalue weighted by Crippen LogP contribution is -2.33. The van der Waals surface area contributed by atoms with E-state index in [4.69, 9.17) is 4.74 Å². The van der Waals surface area contributed by atoms with Crippen molar-refractivity contribution in [3.63, 3.8) is 0 Å². The molecule has 2 rings (SSSR count). The number of likely N-dealkylation sites (tertiary alicyclic amines) is 1. The molecule has 0 aromatic heterocycles. The van der Waals surface area contributed by atoms with Crippen molar-refractivity contribution in [2.24, 2.45) is 0 Å². The number of piperidine rings is 1. The molecule has 1 aromatic carbocycles. The Morgan fingerprint density at radius 3 is 2.35 bits per heavy atom. The van der Waals surface area contributed by atoms with Crippen LogP contribution in [0.1, 0.15) is 24.8 Å². The van der Waals surface area contributed by atoms with Crippen molar-refractivity contribution in [3.8, 4) is 5.75 Å². The summed E-state index contributed by atoms with van der Waals surface area (Å²) in [5.41, 5.74) is 1.28. The Hall–Kier alpha value is -0.730. The number of nitrogens with zero attached hydrogens (tertiary/aromatic N) is 1. The van der Waals surface area contributed by atoms with Crippen molar-refractivity contribution in [2.75, 3.05) is 26.2 Å². The molecule has 0 spiro atoms. The van der Waals surface area contributed by atoms with Crippen molar-refractivity contribution in [1.29, 1.82) is 0 Å². The fourth-order valence-corrected chi connectivity index (χ4v) is 2.11. The topological polar surface area (TPSA) is 12.5 Å². The van der Waals surface area contributed by atoms with E-state index in [0.29, 0.717) is 0 Å². The summed E-state index contributed by atoms with van der Waals surface area (Å²) in [7, 11) is 0. The largest absolute Gasteiger partial charge is 0.492 e. The van der Waals surface area contributed by atoms with Crippen molar-refractivity contribution in [2.45, 2.75) is 26.2 Å². The lowest BCUT2D eigenvalue weighted by atomic mass is 10.1. The summed E-state index contributed by atoms with van der Waals surface area (Å²) >= 11 is 0. The van der Waals surface area contributed by atoms with Gasteiger partial charge in [-0.05, 0) is 45.0 Å². The molecule has 1 aromatic rings. The van der Waals surface area contributed by atoms with E-state index in [1.165, 1.54) is 37.9 Å². The van der Waals surface area contributed by atoms with Crippen LogP contribution in [0.4, 0.5) is 0 Å². The molecule has 1 aliphatic rings. The van der Waals surface area contributed by atoms with Crippen LogP contribution in [-0.4, -0.2) is 31.1 Å². The van der Waals surface area contributed by atoms with Gasteiger partial charge in [-0.15, -0.1) is 12.4 Å². The number of ether oxygens (including phenoxy) is 1. The molecule has 3 heteroatoms. The third-order valence-corrected chi connectivity index (χ3v) is 3.15. The van der Waals surface area contributed by atoms with Gasteiger partial charge in [-0.1, -0.05) is 24.1 Å². The minimum atomic E-state index is 0. The molecule has 1 saturated heterocycles. The fourth-order valence-electron chi connectivity index (χ4n) is 2.11. The first kappa shape index (κ1) is 14.3. The van der Waals surface area contributed by atoms with Crippen LogP contribution in [0.2, 0.25) is 0 Å². The highest BCUT2D eigenvalue weighted by atomic mass is 35.5. The van der Waals surface area contributed by atoms with Crippen molar-refractivity contribution in [3.05, 3.63) is 29.8 Å². The predicted octanol–water partition coefficient (Wildman–Crippen LogP) is 3.28. The maximum absolute atomic E-state index is 5.72. The van der Waals surface area contributed by atoms with Gasteiger partial charge in [0.1, 0.15) is 12.4 Å².